The van der Waals surface area contributed by atoms with Gasteiger partial charge in [0.2, 0.25) is 0 Å². The SMILES string of the molecule is CC1=C(Cl)C(Cl)=C(C)CC1. The van der Waals surface area contributed by atoms with Gasteiger partial charge in [-0.1, -0.05) is 34.3 Å². The van der Waals surface area contributed by atoms with Crippen molar-refractivity contribution in [2.24, 2.45) is 0 Å². The highest BCUT2D eigenvalue weighted by atomic mass is 35.5. The fourth-order valence-corrected chi connectivity index (χ4v) is 1.48. The van der Waals surface area contributed by atoms with Crippen LogP contribution in [-0.2, 0) is 0 Å². The molecule has 0 saturated carbocycles. The zero-order valence-corrected chi connectivity index (χ0v) is 7.68. The maximum atomic E-state index is 5.90. The topological polar surface area (TPSA) is 0 Å². The summed E-state index contributed by atoms with van der Waals surface area (Å²) in [6.45, 7) is 4.05. The van der Waals surface area contributed by atoms with Crippen molar-refractivity contribution in [2.75, 3.05) is 0 Å². The van der Waals surface area contributed by atoms with Crippen molar-refractivity contribution in [3.8, 4) is 0 Å². The molecule has 10 heavy (non-hydrogen) atoms. The second-order valence-corrected chi connectivity index (χ2v) is 3.44. The quantitative estimate of drug-likeness (QED) is 0.527. The molecule has 0 aromatic carbocycles. The van der Waals surface area contributed by atoms with E-state index in [0.717, 1.165) is 22.9 Å². The fourth-order valence-electron chi connectivity index (χ4n) is 0.969. The van der Waals surface area contributed by atoms with E-state index in [1.165, 1.54) is 11.1 Å². The summed E-state index contributed by atoms with van der Waals surface area (Å²) in [7, 11) is 0. The summed E-state index contributed by atoms with van der Waals surface area (Å²) in [6, 6.07) is 0. The Hall–Kier alpha value is 0.0600. The van der Waals surface area contributed by atoms with Crippen molar-refractivity contribution >= 4 is 23.2 Å². The van der Waals surface area contributed by atoms with Crippen LogP contribution in [0, 0.1) is 0 Å². The van der Waals surface area contributed by atoms with E-state index in [4.69, 9.17) is 23.2 Å². The molecule has 0 aromatic heterocycles. The molecule has 0 aliphatic heterocycles. The Bertz CT molecular complexity index is 187. The van der Waals surface area contributed by atoms with Gasteiger partial charge >= 0.3 is 0 Å². The molecule has 0 heterocycles. The normalized spacial score (nSPS) is 20.4. The first kappa shape index (κ1) is 8.16. The smallest absolute Gasteiger partial charge is 0.0581 e. The molecule has 0 atom stereocenters. The van der Waals surface area contributed by atoms with Gasteiger partial charge in [0, 0.05) is 0 Å². The summed E-state index contributed by atoms with van der Waals surface area (Å²) in [5.41, 5.74) is 2.41. The highest BCUT2D eigenvalue weighted by molar-refractivity contribution is 6.44. The standard InChI is InChI=1S/C8H10Cl2/c1-5-3-4-6(2)8(10)7(5)9/h3-4H2,1-2H3. The number of allylic oxidation sites excluding steroid dienone is 4. The van der Waals surface area contributed by atoms with Crippen LogP contribution >= 0.6 is 23.2 Å². The summed E-state index contributed by atoms with van der Waals surface area (Å²) < 4.78 is 0. The lowest BCUT2D eigenvalue weighted by atomic mass is 10.0. The van der Waals surface area contributed by atoms with Crippen LogP contribution in [0.1, 0.15) is 26.7 Å². The van der Waals surface area contributed by atoms with Gasteiger partial charge in [0.15, 0.2) is 0 Å². The molecule has 0 spiro atoms. The van der Waals surface area contributed by atoms with Gasteiger partial charge in [-0.05, 0) is 26.7 Å². The number of halogens is 2. The predicted molar refractivity (Wildman–Crippen MR) is 46.3 cm³/mol. The Morgan fingerprint density at radius 2 is 1.20 bits per heavy atom. The third-order valence-electron chi connectivity index (χ3n) is 1.82. The maximum absolute atomic E-state index is 5.90. The molecule has 1 rings (SSSR count). The van der Waals surface area contributed by atoms with E-state index in [2.05, 4.69) is 0 Å². The molecule has 0 unspecified atom stereocenters. The zero-order chi connectivity index (χ0) is 7.72. The van der Waals surface area contributed by atoms with Crippen molar-refractivity contribution in [1.29, 1.82) is 0 Å². The Balaban J connectivity index is 3.01. The largest absolute Gasteiger partial charge is 0.0828 e. The van der Waals surface area contributed by atoms with Gasteiger partial charge in [-0.3, -0.25) is 0 Å². The van der Waals surface area contributed by atoms with Crippen LogP contribution < -0.4 is 0 Å². The van der Waals surface area contributed by atoms with Gasteiger partial charge in [-0.2, -0.15) is 0 Å². The molecular formula is C8H10Cl2. The van der Waals surface area contributed by atoms with E-state index < -0.39 is 0 Å². The molecule has 0 amide bonds. The summed E-state index contributed by atoms with van der Waals surface area (Å²) >= 11 is 11.8. The lowest BCUT2D eigenvalue weighted by Crippen LogP contribution is -1.94. The first-order valence-electron chi connectivity index (χ1n) is 3.34. The summed E-state index contributed by atoms with van der Waals surface area (Å²) in [4.78, 5) is 0. The maximum Gasteiger partial charge on any atom is 0.0581 e. The minimum Gasteiger partial charge on any atom is -0.0828 e. The molecular weight excluding hydrogens is 167 g/mol. The first-order valence-corrected chi connectivity index (χ1v) is 4.09. The minimum absolute atomic E-state index is 0.755. The molecule has 1 aliphatic carbocycles. The lowest BCUT2D eigenvalue weighted by Gasteiger charge is -2.14. The van der Waals surface area contributed by atoms with Crippen LogP contribution in [0.5, 0.6) is 0 Å². The summed E-state index contributed by atoms with van der Waals surface area (Å²) in [5, 5.41) is 1.51. The van der Waals surface area contributed by atoms with Crippen LogP contribution in [-0.4, -0.2) is 0 Å². The average molecular weight is 177 g/mol. The van der Waals surface area contributed by atoms with Gasteiger partial charge in [0.25, 0.3) is 0 Å². The fraction of sp³-hybridized carbons (Fsp3) is 0.500. The first-order chi connectivity index (χ1) is 4.63. The predicted octanol–water partition coefficient (Wildman–Crippen LogP) is 3.81. The van der Waals surface area contributed by atoms with Crippen LogP contribution in [0.2, 0.25) is 0 Å². The van der Waals surface area contributed by atoms with Crippen molar-refractivity contribution < 1.29 is 0 Å². The molecule has 0 bridgehead atoms. The number of rotatable bonds is 0. The molecule has 2 heteroatoms. The third kappa shape index (κ3) is 1.38. The Morgan fingerprint density at radius 1 is 0.900 bits per heavy atom. The van der Waals surface area contributed by atoms with E-state index in [1.807, 2.05) is 13.8 Å². The highest BCUT2D eigenvalue weighted by Crippen LogP contribution is 2.34. The van der Waals surface area contributed by atoms with Crippen molar-refractivity contribution in [2.45, 2.75) is 26.7 Å². The average Bonchev–Trinajstić information content (AvgIpc) is 1.93. The van der Waals surface area contributed by atoms with Crippen molar-refractivity contribution in [1.82, 2.24) is 0 Å². The minimum atomic E-state index is 0.755. The van der Waals surface area contributed by atoms with E-state index in [9.17, 15) is 0 Å². The molecule has 0 N–H and O–H groups in total. The van der Waals surface area contributed by atoms with E-state index in [-0.39, 0.29) is 0 Å². The van der Waals surface area contributed by atoms with Crippen molar-refractivity contribution in [3.05, 3.63) is 21.2 Å². The van der Waals surface area contributed by atoms with Gasteiger partial charge in [0.05, 0.1) is 10.1 Å². The monoisotopic (exact) mass is 176 g/mol. The number of hydrogen-bond donors (Lipinski definition) is 0. The number of hydrogen-bond acceptors (Lipinski definition) is 0. The molecule has 0 nitrogen and oxygen atoms in total. The van der Waals surface area contributed by atoms with Crippen LogP contribution in [0.25, 0.3) is 0 Å². The van der Waals surface area contributed by atoms with Gasteiger partial charge in [-0.25, -0.2) is 0 Å². The van der Waals surface area contributed by atoms with Crippen LogP contribution in [0.3, 0.4) is 0 Å². The Labute approximate surface area is 71.5 Å². The third-order valence-corrected chi connectivity index (χ3v) is 2.94. The Morgan fingerprint density at radius 3 is 1.50 bits per heavy atom. The van der Waals surface area contributed by atoms with E-state index in [0.29, 0.717) is 0 Å². The second kappa shape index (κ2) is 2.98. The van der Waals surface area contributed by atoms with Crippen LogP contribution in [0.4, 0.5) is 0 Å². The van der Waals surface area contributed by atoms with Gasteiger partial charge in [0.1, 0.15) is 0 Å². The molecule has 1 aliphatic rings. The summed E-state index contributed by atoms with van der Waals surface area (Å²) in [5.74, 6) is 0. The second-order valence-electron chi connectivity index (χ2n) is 2.69. The Kier molecular flexibility index (Phi) is 2.43. The summed E-state index contributed by atoms with van der Waals surface area (Å²) in [6.07, 6.45) is 2.11. The van der Waals surface area contributed by atoms with Crippen molar-refractivity contribution in [3.63, 3.8) is 0 Å². The van der Waals surface area contributed by atoms with Crippen LogP contribution in [0.15, 0.2) is 21.2 Å². The molecule has 0 saturated heterocycles. The molecule has 0 radical (unpaired) electrons. The zero-order valence-electron chi connectivity index (χ0n) is 6.17. The molecule has 0 aromatic rings. The van der Waals surface area contributed by atoms with Gasteiger partial charge < -0.3 is 0 Å². The molecule has 0 fully saturated rings. The van der Waals surface area contributed by atoms with E-state index >= 15 is 0 Å². The van der Waals surface area contributed by atoms with E-state index in [1.54, 1.807) is 0 Å². The molecule has 56 valence electrons. The highest BCUT2D eigenvalue weighted by Gasteiger charge is 2.12. The lowest BCUT2D eigenvalue weighted by molar-refractivity contribution is 0.896. The van der Waals surface area contributed by atoms with Gasteiger partial charge in [-0.15, -0.1) is 0 Å².